The molecule has 0 unspecified atom stereocenters. The standard InChI is InChI=1S/C20H32N4.HI/c1-5-21-20(22-13-16-23(4)17(2)3)24-14-11-19(12-15-24)18-9-7-6-8-10-18;/h6-11,17H,5,12-16H2,1-4H3,(H,21,22);1H. The van der Waals surface area contributed by atoms with E-state index in [1.165, 1.54) is 11.1 Å². The molecule has 1 aromatic rings. The van der Waals surface area contributed by atoms with Gasteiger partial charge in [0.15, 0.2) is 5.96 Å². The molecule has 0 aromatic heterocycles. The molecule has 0 saturated heterocycles. The quantitative estimate of drug-likeness (QED) is 0.403. The number of nitrogens with zero attached hydrogens (tertiary/aromatic N) is 3. The summed E-state index contributed by atoms with van der Waals surface area (Å²) >= 11 is 0. The van der Waals surface area contributed by atoms with Gasteiger partial charge in [-0.2, -0.15) is 0 Å². The maximum absolute atomic E-state index is 4.82. The average molecular weight is 456 g/mol. The van der Waals surface area contributed by atoms with E-state index in [1.54, 1.807) is 0 Å². The van der Waals surface area contributed by atoms with Gasteiger partial charge in [0.1, 0.15) is 0 Å². The molecule has 0 radical (unpaired) electrons. The van der Waals surface area contributed by atoms with Crippen LogP contribution in [-0.2, 0) is 0 Å². The number of aliphatic imine (C=N–C) groups is 1. The zero-order chi connectivity index (χ0) is 17.4. The monoisotopic (exact) mass is 456 g/mol. The summed E-state index contributed by atoms with van der Waals surface area (Å²) < 4.78 is 0. The molecule has 0 atom stereocenters. The molecule has 1 heterocycles. The van der Waals surface area contributed by atoms with E-state index in [0.717, 1.165) is 45.1 Å². The van der Waals surface area contributed by atoms with Crippen LogP contribution in [0, 0.1) is 0 Å². The van der Waals surface area contributed by atoms with Crippen molar-refractivity contribution < 1.29 is 0 Å². The zero-order valence-corrected chi connectivity index (χ0v) is 18.4. The molecule has 0 amide bonds. The number of benzene rings is 1. The predicted octanol–water partition coefficient (Wildman–Crippen LogP) is 3.70. The Morgan fingerprint density at radius 1 is 1.28 bits per heavy atom. The fraction of sp³-hybridized carbons (Fsp3) is 0.550. The van der Waals surface area contributed by atoms with Gasteiger partial charge in [-0.15, -0.1) is 24.0 Å². The Bertz CT molecular complexity index is 554. The smallest absolute Gasteiger partial charge is 0.194 e. The van der Waals surface area contributed by atoms with E-state index >= 15 is 0 Å². The van der Waals surface area contributed by atoms with Gasteiger partial charge in [0.05, 0.1) is 6.54 Å². The topological polar surface area (TPSA) is 30.9 Å². The Labute approximate surface area is 170 Å². The highest BCUT2D eigenvalue weighted by molar-refractivity contribution is 14.0. The second-order valence-corrected chi connectivity index (χ2v) is 6.60. The molecule has 4 nitrogen and oxygen atoms in total. The molecule has 2 rings (SSSR count). The first-order chi connectivity index (χ1) is 11.6. The SMILES string of the molecule is CCNC(=NCCN(C)C(C)C)N1CC=C(c2ccccc2)CC1.I. The van der Waals surface area contributed by atoms with Crippen molar-refractivity contribution in [3.8, 4) is 0 Å². The highest BCUT2D eigenvalue weighted by Crippen LogP contribution is 2.21. The molecule has 0 fully saturated rings. The van der Waals surface area contributed by atoms with Crippen LogP contribution in [0.5, 0.6) is 0 Å². The van der Waals surface area contributed by atoms with Gasteiger partial charge < -0.3 is 15.1 Å². The van der Waals surface area contributed by atoms with Crippen molar-refractivity contribution in [2.24, 2.45) is 4.99 Å². The lowest BCUT2D eigenvalue weighted by Gasteiger charge is -2.30. The second-order valence-electron chi connectivity index (χ2n) is 6.60. The minimum Gasteiger partial charge on any atom is -0.357 e. The van der Waals surface area contributed by atoms with Gasteiger partial charge in [0.2, 0.25) is 0 Å². The first-order valence-corrected chi connectivity index (χ1v) is 9.09. The molecule has 1 aliphatic rings. The third-order valence-corrected chi connectivity index (χ3v) is 4.58. The van der Waals surface area contributed by atoms with Gasteiger partial charge in [0, 0.05) is 32.2 Å². The van der Waals surface area contributed by atoms with Crippen LogP contribution in [0.3, 0.4) is 0 Å². The molecule has 5 heteroatoms. The van der Waals surface area contributed by atoms with Crippen molar-refractivity contribution in [2.45, 2.75) is 33.2 Å². The van der Waals surface area contributed by atoms with Crippen LogP contribution in [0.4, 0.5) is 0 Å². The van der Waals surface area contributed by atoms with Crippen LogP contribution < -0.4 is 5.32 Å². The first-order valence-electron chi connectivity index (χ1n) is 9.09. The van der Waals surface area contributed by atoms with E-state index in [4.69, 9.17) is 4.99 Å². The fourth-order valence-corrected chi connectivity index (χ4v) is 2.77. The third-order valence-electron chi connectivity index (χ3n) is 4.58. The van der Waals surface area contributed by atoms with Gasteiger partial charge in [-0.3, -0.25) is 4.99 Å². The van der Waals surface area contributed by atoms with Gasteiger partial charge in [-0.25, -0.2) is 0 Å². The van der Waals surface area contributed by atoms with Crippen LogP contribution in [0.15, 0.2) is 41.4 Å². The minimum atomic E-state index is 0. The highest BCUT2D eigenvalue weighted by atomic mass is 127. The van der Waals surface area contributed by atoms with Crippen molar-refractivity contribution in [1.82, 2.24) is 15.1 Å². The molecule has 0 aliphatic carbocycles. The summed E-state index contributed by atoms with van der Waals surface area (Å²) in [5.41, 5.74) is 2.79. The van der Waals surface area contributed by atoms with E-state index in [0.29, 0.717) is 6.04 Å². The van der Waals surface area contributed by atoms with Gasteiger partial charge in [-0.1, -0.05) is 36.4 Å². The number of halogens is 1. The van der Waals surface area contributed by atoms with Crippen LogP contribution in [-0.4, -0.2) is 61.6 Å². The summed E-state index contributed by atoms with van der Waals surface area (Å²) in [6.07, 6.45) is 3.41. The number of rotatable bonds is 6. The number of guanidine groups is 1. The molecular weight excluding hydrogens is 423 g/mol. The Hall–Kier alpha value is -1.08. The maximum Gasteiger partial charge on any atom is 0.194 e. The van der Waals surface area contributed by atoms with Crippen molar-refractivity contribution in [1.29, 1.82) is 0 Å². The second kappa shape index (κ2) is 11.5. The fourth-order valence-electron chi connectivity index (χ4n) is 2.77. The van der Waals surface area contributed by atoms with E-state index < -0.39 is 0 Å². The molecule has 140 valence electrons. The molecule has 1 aliphatic heterocycles. The normalized spacial score (nSPS) is 15.2. The molecule has 0 spiro atoms. The first kappa shape index (κ1) is 22.0. The van der Waals surface area contributed by atoms with Gasteiger partial charge in [0.25, 0.3) is 0 Å². The molecule has 25 heavy (non-hydrogen) atoms. The van der Waals surface area contributed by atoms with Crippen molar-refractivity contribution in [3.63, 3.8) is 0 Å². The third kappa shape index (κ3) is 6.98. The average Bonchev–Trinajstić information content (AvgIpc) is 2.61. The summed E-state index contributed by atoms with van der Waals surface area (Å²) in [5.74, 6) is 1.04. The van der Waals surface area contributed by atoms with Crippen molar-refractivity contribution >= 4 is 35.5 Å². The zero-order valence-electron chi connectivity index (χ0n) is 16.0. The predicted molar refractivity (Wildman–Crippen MR) is 120 cm³/mol. The largest absolute Gasteiger partial charge is 0.357 e. The molecule has 0 bridgehead atoms. The van der Waals surface area contributed by atoms with E-state index in [1.807, 2.05) is 0 Å². The number of hydrogen-bond donors (Lipinski definition) is 1. The summed E-state index contributed by atoms with van der Waals surface area (Å²) in [7, 11) is 2.16. The van der Waals surface area contributed by atoms with Crippen LogP contribution >= 0.6 is 24.0 Å². The van der Waals surface area contributed by atoms with E-state index in [-0.39, 0.29) is 24.0 Å². The van der Waals surface area contributed by atoms with Crippen molar-refractivity contribution in [2.75, 3.05) is 39.8 Å². The molecule has 0 saturated carbocycles. The van der Waals surface area contributed by atoms with Gasteiger partial charge in [-0.05, 0) is 45.4 Å². The Morgan fingerprint density at radius 3 is 2.56 bits per heavy atom. The van der Waals surface area contributed by atoms with Crippen LogP contribution in [0.1, 0.15) is 32.8 Å². The van der Waals surface area contributed by atoms with E-state index in [9.17, 15) is 0 Å². The minimum absolute atomic E-state index is 0. The van der Waals surface area contributed by atoms with Crippen LogP contribution in [0.2, 0.25) is 0 Å². The lowest BCUT2D eigenvalue weighted by atomic mass is 10.00. The summed E-state index contributed by atoms with van der Waals surface area (Å²) in [4.78, 5) is 9.50. The Balaban J connectivity index is 0.00000312. The Morgan fingerprint density at radius 2 is 2.00 bits per heavy atom. The maximum atomic E-state index is 4.82. The summed E-state index contributed by atoms with van der Waals surface area (Å²) in [6.45, 7) is 11.2. The molecule has 1 aromatic carbocycles. The molecule has 1 N–H and O–H groups in total. The summed E-state index contributed by atoms with van der Waals surface area (Å²) in [6, 6.07) is 11.3. The summed E-state index contributed by atoms with van der Waals surface area (Å²) in [5, 5.41) is 3.44. The van der Waals surface area contributed by atoms with Crippen molar-refractivity contribution in [3.05, 3.63) is 42.0 Å². The number of hydrogen-bond acceptors (Lipinski definition) is 2. The van der Waals surface area contributed by atoms with Gasteiger partial charge >= 0.3 is 0 Å². The molecular formula is C20H33IN4. The van der Waals surface area contributed by atoms with E-state index in [2.05, 4.69) is 79.3 Å². The Kier molecular flexibility index (Phi) is 10.1. The lowest BCUT2D eigenvalue weighted by molar-refractivity contribution is 0.281. The highest BCUT2D eigenvalue weighted by Gasteiger charge is 2.16. The number of nitrogens with one attached hydrogen (secondary N) is 1. The lowest BCUT2D eigenvalue weighted by Crippen LogP contribution is -2.44. The van der Waals surface area contributed by atoms with Crippen LogP contribution in [0.25, 0.3) is 5.57 Å². The number of likely N-dealkylation sites (N-methyl/N-ethyl adjacent to an activating group) is 1.